The van der Waals surface area contributed by atoms with Gasteiger partial charge in [-0.15, -0.1) is 11.3 Å². The summed E-state index contributed by atoms with van der Waals surface area (Å²) in [7, 11) is 0. The summed E-state index contributed by atoms with van der Waals surface area (Å²) in [5.41, 5.74) is 5.83. The lowest BCUT2D eigenvalue weighted by atomic mass is 9.96. The lowest BCUT2D eigenvalue weighted by Gasteiger charge is -2.26. The molecule has 0 N–H and O–H groups in total. The number of fused-ring (bicyclic) bond motifs is 12. The van der Waals surface area contributed by atoms with Gasteiger partial charge in [-0.05, 0) is 108 Å². The summed E-state index contributed by atoms with van der Waals surface area (Å²) in [6, 6.07) is 69.2. The Hall–Kier alpha value is -6.48. The van der Waals surface area contributed by atoms with Gasteiger partial charge in [0.1, 0.15) is 0 Å². The van der Waals surface area contributed by atoms with E-state index in [0.29, 0.717) is 0 Å². The van der Waals surface area contributed by atoms with E-state index in [9.17, 15) is 0 Å². The van der Waals surface area contributed by atoms with Crippen molar-refractivity contribution in [2.75, 3.05) is 4.90 Å². The van der Waals surface area contributed by atoms with Crippen LogP contribution < -0.4 is 4.90 Å². The monoisotopic (exact) mass is 677 g/mol. The second-order valence-electron chi connectivity index (χ2n) is 13.7. The molecule has 2 heteroatoms. The lowest BCUT2D eigenvalue weighted by Crippen LogP contribution is -2.09. The van der Waals surface area contributed by atoms with E-state index in [1.807, 2.05) is 11.3 Å². The zero-order valence-electron chi connectivity index (χ0n) is 28.3. The van der Waals surface area contributed by atoms with Crippen LogP contribution >= 0.6 is 11.3 Å². The predicted octanol–water partition coefficient (Wildman–Crippen LogP) is 15.0. The Morgan fingerprint density at radius 1 is 0.308 bits per heavy atom. The Kier molecular flexibility index (Phi) is 6.49. The van der Waals surface area contributed by atoms with Crippen LogP contribution in [0.4, 0.5) is 17.1 Å². The van der Waals surface area contributed by atoms with Gasteiger partial charge in [0.15, 0.2) is 0 Å². The van der Waals surface area contributed by atoms with E-state index in [-0.39, 0.29) is 0 Å². The van der Waals surface area contributed by atoms with Crippen LogP contribution in [0, 0.1) is 0 Å². The first-order valence-electron chi connectivity index (χ1n) is 17.8. The number of hydrogen-bond acceptors (Lipinski definition) is 2. The molecule has 0 unspecified atom stereocenters. The summed E-state index contributed by atoms with van der Waals surface area (Å²) in [5, 5.41) is 15.5. The molecule has 0 aliphatic carbocycles. The molecule has 0 fully saturated rings. The average Bonchev–Trinajstić information content (AvgIpc) is 3.61. The normalized spacial score (nSPS) is 11.8. The molecule has 0 aliphatic heterocycles. The topological polar surface area (TPSA) is 3.24 Å². The van der Waals surface area contributed by atoms with Crippen molar-refractivity contribution in [3.63, 3.8) is 0 Å². The molecular weight excluding hydrogens is 647 g/mol. The highest BCUT2D eigenvalue weighted by atomic mass is 32.1. The fourth-order valence-electron chi connectivity index (χ4n) is 8.29. The molecule has 0 atom stereocenters. The van der Waals surface area contributed by atoms with Crippen molar-refractivity contribution >= 4 is 102 Å². The van der Waals surface area contributed by atoms with Crippen molar-refractivity contribution in [1.29, 1.82) is 0 Å². The molecule has 0 aliphatic rings. The minimum atomic E-state index is 1.12. The van der Waals surface area contributed by atoms with E-state index in [1.54, 1.807) is 0 Å². The molecule has 10 aromatic carbocycles. The highest BCUT2D eigenvalue weighted by molar-refractivity contribution is 7.27. The van der Waals surface area contributed by atoms with E-state index in [4.69, 9.17) is 0 Å². The number of anilines is 3. The Balaban J connectivity index is 1.05. The van der Waals surface area contributed by atoms with Crippen molar-refractivity contribution in [1.82, 2.24) is 0 Å². The van der Waals surface area contributed by atoms with Crippen LogP contribution in [-0.4, -0.2) is 0 Å². The third-order valence-electron chi connectivity index (χ3n) is 10.8. The second kappa shape index (κ2) is 11.5. The molecule has 11 aromatic rings. The van der Waals surface area contributed by atoms with Crippen LogP contribution in [0.5, 0.6) is 0 Å². The van der Waals surface area contributed by atoms with E-state index in [2.05, 4.69) is 193 Å². The minimum Gasteiger partial charge on any atom is -0.310 e. The molecule has 1 nitrogen and oxygen atoms in total. The van der Waals surface area contributed by atoms with Gasteiger partial charge in [0.25, 0.3) is 0 Å². The van der Waals surface area contributed by atoms with E-state index in [0.717, 1.165) is 17.1 Å². The number of rotatable bonds is 4. The quantitative estimate of drug-likeness (QED) is 0.168. The summed E-state index contributed by atoms with van der Waals surface area (Å²) >= 11 is 1.91. The molecule has 1 heterocycles. The maximum Gasteiger partial charge on any atom is 0.0468 e. The third-order valence-corrected chi connectivity index (χ3v) is 12.0. The second-order valence-corrected chi connectivity index (χ2v) is 14.8. The first-order chi connectivity index (χ1) is 25.8. The summed E-state index contributed by atoms with van der Waals surface area (Å²) in [5.74, 6) is 0. The average molecular weight is 678 g/mol. The number of hydrogen-bond donors (Lipinski definition) is 0. The van der Waals surface area contributed by atoms with Crippen LogP contribution in [0.3, 0.4) is 0 Å². The number of benzene rings is 10. The van der Waals surface area contributed by atoms with Crippen molar-refractivity contribution in [2.45, 2.75) is 0 Å². The lowest BCUT2D eigenvalue weighted by molar-refractivity contribution is 1.29. The number of thiophene rings is 1. The van der Waals surface area contributed by atoms with Crippen LogP contribution in [0.15, 0.2) is 188 Å². The molecule has 0 amide bonds. The summed E-state index contributed by atoms with van der Waals surface area (Å²) in [6.07, 6.45) is 0. The molecule has 11 rings (SSSR count). The molecular formula is C50H31NS. The fraction of sp³-hybridized carbons (Fsp3) is 0. The maximum absolute atomic E-state index is 2.40. The molecule has 0 saturated carbocycles. The Labute approximate surface area is 305 Å². The van der Waals surface area contributed by atoms with Crippen molar-refractivity contribution < 1.29 is 0 Å². The molecule has 1 aromatic heterocycles. The first-order valence-corrected chi connectivity index (χ1v) is 18.7. The van der Waals surface area contributed by atoms with Crippen molar-refractivity contribution in [3.05, 3.63) is 188 Å². The van der Waals surface area contributed by atoms with Crippen LogP contribution in [-0.2, 0) is 0 Å². The largest absolute Gasteiger partial charge is 0.310 e. The van der Waals surface area contributed by atoms with Crippen molar-refractivity contribution in [3.8, 4) is 11.1 Å². The van der Waals surface area contributed by atoms with Gasteiger partial charge in [0.2, 0.25) is 0 Å². The van der Waals surface area contributed by atoms with E-state index < -0.39 is 0 Å². The predicted molar refractivity (Wildman–Crippen MR) is 227 cm³/mol. The number of nitrogens with zero attached hydrogens (tertiary/aromatic N) is 1. The molecule has 0 radical (unpaired) electrons. The smallest absolute Gasteiger partial charge is 0.0468 e. The van der Waals surface area contributed by atoms with Gasteiger partial charge < -0.3 is 4.90 Å². The third kappa shape index (κ3) is 4.55. The Morgan fingerprint density at radius 2 is 0.846 bits per heavy atom. The Morgan fingerprint density at radius 3 is 1.65 bits per heavy atom. The minimum absolute atomic E-state index is 1.12. The van der Waals surface area contributed by atoms with Gasteiger partial charge in [0.05, 0.1) is 0 Å². The summed E-state index contributed by atoms with van der Waals surface area (Å²) in [4.78, 5) is 2.39. The molecule has 52 heavy (non-hydrogen) atoms. The van der Waals surface area contributed by atoms with Gasteiger partial charge in [-0.3, -0.25) is 0 Å². The van der Waals surface area contributed by atoms with Crippen LogP contribution in [0.2, 0.25) is 0 Å². The van der Waals surface area contributed by atoms with Gasteiger partial charge >= 0.3 is 0 Å². The molecule has 0 spiro atoms. The molecule has 242 valence electrons. The first kappa shape index (κ1) is 29.3. The van der Waals surface area contributed by atoms with Gasteiger partial charge in [-0.1, -0.05) is 140 Å². The molecule has 0 bridgehead atoms. The van der Waals surface area contributed by atoms with Crippen LogP contribution in [0.25, 0.3) is 85.2 Å². The van der Waals surface area contributed by atoms with Crippen molar-refractivity contribution in [2.24, 2.45) is 0 Å². The fourth-order valence-corrected chi connectivity index (χ4v) is 9.53. The highest BCUT2D eigenvalue weighted by Gasteiger charge is 2.17. The maximum atomic E-state index is 2.40. The zero-order valence-corrected chi connectivity index (χ0v) is 29.1. The SMILES string of the molecule is c1ccc2cc(N(c3ccc(-c4ccc5sc6c7ccccc7c7ccccc7c6c5c4)cc3)c3ccc4c(ccc5ccccc54)c3)ccc2c1. The highest BCUT2D eigenvalue weighted by Crippen LogP contribution is 2.45. The molecule has 0 saturated heterocycles. The van der Waals surface area contributed by atoms with E-state index >= 15 is 0 Å². The van der Waals surface area contributed by atoms with Gasteiger partial charge in [-0.25, -0.2) is 0 Å². The van der Waals surface area contributed by atoms with Gasteiger partial charge in [0, 0.05) is 42.6 Å². The summed E-state index contributed by atoms with van der Waals surface area (Å²) < 4.78 is 2.69. The Bertz CT molecular complexity index is 3190. The van der Waals surface area contributed by atoms with E-state index in [1.165, 1.54) is 85.2 Å². The zero-order chi connectivity index (χ0) is 34.2. The van der Waals surface area contributed by atoms with Crippen LogP contribution in [0.1, 0.15) is 0 Å². The summed E-state index contributed by atoms with van der Waals surface area (Å²) in [6.45, 7) is 0. The van der Waals surface area contributed by atoms with Gasteiger partial charge in [-0.2, -0.15) is 0 Å². The standard InChI is InChI=1S/C50H31NS/c1-2-11-35-29-39(25-21-32(35)9-1)51(40-26-27-42-37(30-40)18-17-34-10-3-4-12-41(34)42)38-23-19-33(20-24-38)36-22-28-48-47(31-36)49-45-15-7-5-13-43(45)44-14-6-8-16-46(44)50(49)52-48/h1-31H.